The Bertz CT molecular complexity index is 1140. The molecule has 1 fully saturated rings. The second-order valence-corrected chi connectivity index (χ2v) is 8.95. The first-order valence-electron chi connectivity index (χ1n) is 10.1. The van der Waals surface area contributed by atoms with Crippen LogP contribution in [0.1, 0.15) is 17.9 Å². The van der Waals surface area contributed by atoms with Gasteiger partial charge in [0.25, 0.3) is 5.89 Å². The van der Waals surface area contributed by atoms with Gasteiger partial charge in [0.05, 0.1) is 12.2 Å². The summed E-state index contributed by atoms with van der Waals surface area (Å²) in [5.41, 5.74) is 0.654. The van der Waals surface area contributed by atoms with E-state index in [4.69, 9.17) is 4.42 Å². The minimum atomic E-state index is -2.93. The van der Waals surface area contributed by atoms with Gasteiger partial charge >= 0.3 is 6.43 Å². The molecule has 0 saturated carbocycles. The van der Waals surface area contributed by atoms with E-state index in [0.717, 1.165) is 19.2 Å². The zero-order valence-electron chi connectivity index (χ0n) is 17.6. The maximum absolute atomic E-state index is 15.0. The number of benzene rings is 2. The van der Waals surface area contributed by atoms with Crippen LogP contribution < -0.4 is 4.31 Å². The van der Waals surface area contributed by atoms with Crippen LogP contribution >= 0.6 is 0 Å². The van der Waals surface area contributed by atoms with Crippen LogP contribution in [0.25, 0.3) is 11.5 Å². The van der Waals surface area contributed by atoms with E-state index in [1.54, 1.807) is 10.4 Å². The first-order chi connectivity index (χ1) is 15.8. The molecule has 1 aromatic heterocycles. The largest absolute Gasteiger partial charge is 0.415 e. The van der Waals surface area contributed by atoms with Gasteiger partial charge in [0.15, 0.2) is 11.2 Å². The van der Waals surface area contributed by atoms with Crippen LogP contribution in [-0.4, -0.2) is 56.8 Å². The minimum absolute atomic E-state index is 0.110. The van der Waals surface area contributed by atoms with Crippen molar-refractivity contribution in [1.29, 1.82) is 0 Å². The number of nitrogens with zero attached hydrogens (tertiary/aromatic N) is 5. The molecule has 33 heavy (non-hydrogen) atoms. The average Bonchev–Trinajstić information content (AvgIpc) is 3.29. The fourth-order valence-electron chi connectivity index (χ4n) is 3.35. The molecule has 2 heterocycles. The van der Waals surface area contributed by atoms with Crippen molar-refractivity contribution in [3.8, 4) is 11.5 Å². The summed E-state index contributed by atoms with van der Waals surface area (Å²) < 4.78 is 75.7. The van der Waals surface area contributed by atoms with Crippen LogP contribution in [0.4, 0.5) is 23.2 Å². The van der Waals surface area contributed by atoms with E-state index in [0.29, 0.717) is 18.8 Å². The molecule has 1 unspecified atom stereocenters. The summed E-state index contributed by atoms with van der Waals surface area (Å²) in [7, 11) is 1.97. The second kappa shape index (κ2) is 9.98. The maximum atomic E-state index is 15.0. The highest BCUT2D eigenvalue weighted by Gasteiger charge is 2.26. The van der Waals surface area contributed by atoms with Gasteiger partial charge in [0.2, 0.25) is 5.89 Å². The maximum Gasteiger partial charge on any atom is 0.314 e. The summed E-state index contributed by atoms with van der Waals surface area (Å²) in [6.07, 6.45) is -2.93. The van der Waals surface area contributed by atoms with Gasteiger partial charge in [-0.2, -0.15) is 8.78 Å². The Morgan fingerprint density at radius 2 is 1.85 bits per heavy atom. The Hall–Kier alpha value is -2.83. The van der Waals surface area contributed by atoms with E-state index in [-0.39, 0.29) is 23.6 Å². The molecule has 176 valence electrons. The highest BCUT2D eigenvalue weighted by atomic mass is 32.2. The molecule has 0 spiro atoms. The Kier molecular flexibility index (Phi) is 7.05. The summed E-state index contributed by atoms with van der Waals surface area (Å²) >= 11 is -1.69. The van der Waals surface area contributed by atoms with E-state index in [1.807, 2.05) is 7.05 Å². The van der Waals surface area contributed by atoms with Gasteiger partial charge in [0.1, 0.15) is 11.6 Å². The number of hydrogen-bond donors (Lipinski definition) is 0. The molecule has 2 aromatic carbocycles. The van der Waals surface area contributed by atoms with E-state index in [2.05, 4.69) is 15.1 Å². The quantitative estimate of drug-likeness (QED) is 0.479. The van der Waals surface area contributed by atoms with Gasteiger partial charge in [-0.1, -0.05) is 12.1 Å². The summed E-state index contributed by atoms with van der Waals surface area (Å²) in [5.74, 6) is -2.27. The summed E-state index contributed by atoms with van der Waals surface area (Å²) in [6, 6.07) is 9.56. The molecule has 0 N–H and O–H groups in total. The van der Waals surface area contributed by atoms with Gasteiger partial charge in [-0.05, 0) is 37.4 Å². The van der Waals surface area contributed by atoms with Gasteiger partial charge in [-0.15, -0.1) is 10.2 Å². The highest BCUT2D eigenvalue weighted by Crippen LogP contribution is 2.27. The fourth-order valence-corrected chi connectivity index (χ4v) is 4.65. The molecule has 0 amide bonds. The molecule has 0 aliphatic carbocycles. The van der Waals surface area contributed by atoms with Crippen molar-refractivity contribution in [1.82, 2.24) is 19.4 Å². The summed E-state index contributed by atoms with van der Waals surface area (Å²) in [5, 5.41) is 6.76. The second-order valence-electron chi connectivity index (χ2n) is 7.53. The molecule has 0 radical (unpaired) electrons. The minimum Gasteiger partial charge on any atom is -0.415 e. The van der Waals surface area contributed by atoms with E-state index < -0.39 is 35.1 Å². The van der Waals surface area contributed by atoms with Crippen LogP contribution in [-0.2, 0) is 17.7 Å². The smallest absolute Gasteiger partial charge is 0.314 e. The predicted molar refractivity (Wildman–Crippen MR) is 114 cm³/mol. The third-order valence-electron chi connectivity index (χ3n) is 5.21. The monoisotopic (exact) mass is 483 g/mol. The lowest BCUT2D eigenvalue weighted by atomic mass is 10.1. The number of anilines is 1. The van der Waals surface area contributed by atoms with Crippen molar-refractivity contribution in [3.63, 3.8) is 0 Å². The Balaban J connectivity index is 1.60. The van der Waals surface area contributed by atoms with Crippen LogP contribution in [0.2, 0.25) is 0 Å². The number of hydrogen-bond acceptors (Lipinski definition) is 5. The molecule has 12 heteroatoms. The zero-order valence-corrected chi connectivity index (χ0v) is 18.4. The van der Waals surface area contributed by atoms with E-state index >= 15 is 0 Å². The lowest BCUT2D eigenvalue weighted by Gasteiger charge is -2.35. The molecule has 0 bridgehead atoms. The Morgan fingerprint density at radius 3 is 2.48 bits per heavy atom. The van der Waals surface area contributed by atoms with E-state index in [9.17, 15) is 21.8 Å². The summed E-state index contributed by atoms with van der Waals surface area (Å²) in [4.78, 5) is 2.11. The SMILES string of the molecule is CN1CCN(S(=O)N(Cc2ccc(-c3nnc(C(F)F)o3)cc2F)c2cccc(F)c2)CC1. The van der Waals surface area contributed by atoms with Gasteiger partial charge in [-0.25, -0.2) is 17.3 Å². The molecular formula is C21H21F4N5O2S. The molecule has 3 aromatic rings. The Morgan fingerprint density at radius 1 is 1.09 bits per heavy atom. The van der Waals surface area contributed by atoms with Gasteiger partial charge < -0.3 is 9.32 Å². The normalized spacial score (nSPS) is 16.3. The number of likely N-dealkylation sites (N-methyl/N-ethyl adjacent to an activating group) is 1. The molecule has 4 rings (SSSR count). The molecular weight excluding hydrogens is 462 g/mol. The highest BCUT2D eigenvalue weighted by molar-refractivity contribution is 7.84. The third kappa shape index (κ3) is 5.40. The summed E-state index contributed by atoms with van der Waals surface area (Å²) in [6.45, 7) is 2.41. The molecule has 7 nitrogen and oxygen atoms in total. The first-order valence-corrected chi connectivity index (χ1v) is 11.2. The Labute approximate surface area is 190 Å². The van der Waals surface area contributed by atoms with Crippen molar-refractivity contribution >= 4 is 16.9 Å². The first kappa shape index (κ1) is 23.3. The number of piperazine rings is 1. The van der Waals surface area contributed by atoms with Crippen molar-refractivity contribution in [2.45, 2.75) is 13.0 Å². The van der Waals surface area contributed by atoms with Crippen LogP contribution in [0.5, 0.6) is 0 Å². The lowest BCUT2D eigenvalue weighted by molar-refractivity contribution is 0.116. The van der Waals surface area contributed by atoms with Crippen molar-refractivity contribution in [2.24, 2.45) is 0 Å². The van der Waals surface area contributed by atoms with Crippen molar-refractivity contribution < 1.29 is 26.2 Å². The topological polar surface area (TPSA) is 65.7 Å². The average molecular weight is 483 g/mol. The van der Waals surface area contributed by atoms with Crippen LogP contribution in [0.3, 0.4) is 0 Å². The fraction of sp³-hybridized carbons (Fsp3) is 0.333. The molecule has 1 aliphatic heterocycles. The number of alkyl halides is 2. The number of rotatable bonds is 7. The van der Waals surface area contributed by atoms with Crippen molar-refractivity contribution in [3.05, 3.63) is 65.6 Å². The standard InChI is InChI=1S/C21H21F4N5O2S/c1-28-7-9-29(10-8-28)33(31)30(17-4-2-3-16(22)12-17)13-15-6-5-14(11-18(15)23)20-26-27-21(32-20)19(24)25/h2-6,11-12,19H,7-10,13H2,1H3. The van der Waals surface area contributed by atoms with Gasteiger partial charge in [-0.3, -0.25) is 4.31 Å². The van der Waals surface area contributed by atoms with E-state index in [1.165, 1.54) is 34.6 Å². The lowest BCUT2D eigenvalue weighted by Crippen LogP contribution is -2.49. The van der Waals surface area contributed by atoms with Crippen LogP contribution in [0.15, 0.2) is 46.9 Å². The van der Waals surface area contributed by atoms with Crippen LogP contribution in [0, 0.1) is 11.6 Å². The predicted octanol–water partition coefficient (Wildman–Crippen LogP) is 3.79. The molecule has 1 aliphatic rings. The number of halogens is 4. The van der Waals surface area contributed by atoms with Gasteiger partial charge in [0, 0.05) is 37.3 Å². The van der Waals surface area contributed by atoms with Crippen molar-refractivity contribution in [2.75, 3.05) is 37.5 Å². The number of aromatic nitrogens is 2. The zero-order chi connectivity index (χ0) is 23.5. The molecule has 1 atom stereocenters. The molecule has 1 saturated heterocycles. The third-order valence-corrected chi connectivity index (χ3v) is 6.73.